The van der Waals surface area contributed by atoms with Crippen molar-refractivity contribution in [1.29, 1.82) is 0 Å². The number of benzene rings is 1. The first-order valence-electron chi connectivity index (χ1n) is 5.39. The number of aldehydes is 1. The molecule has 0 N–H and O–H groups in total. The van der Waals surface area contributed by atoms with Crippen LogP contribution in [0.1, 0.15) is 34.9 Å². The number of fused-ring (bicyclic) bond motifs is 1. The fraction of sp³-hybridized carbons (Fsp3) is 0.308. The van der Waals surface area contributed by atoms with Crippen LogP contribution >= 0.6 is 0 Å². The Kier molecular flexibility index (Phi) is 1.99. The molecule has 0 bridgehead atoms. The van der Waals surface area contributed by atoms with Crippen molar-refractivity contribution in [2.45, 2.75) is 18.8 Å². The first-order chi connectivity index (χ1) is 7.85. The Labute approximate surface area is 93.0 Å². The van der Waals surface area contributed by atoms with Gasteiger partial charge in [0.2, 0.25) is 0 Å². The lowest BCUT2D eigenvalue weighted by Crippen LogP contribution is -1.88. The predicted molar refractivity (Wildman–Crippen MR) is 60.1 cm³/mol. The van der Waals surface area contributed by atoms with Gasteiger partial charge in [-0.15, -0.1) is 0 Å². The summed E-state index contributed by atoms with van der Waals surface area (Å²) in [5.41, 5.74) is 1.77. The van der Waals surface area contributed by atoms with Crippen LogP contribution in [0.3, 0.4) is 0 Å². The highest BCUT2D eigenvalue weighted by molar-refractivity contribution is 5.94. The van der Waals surface area contributed by atoms with E-state index in [0.29, 0.717) is 11.7 Å². The molecule has 0 amide bonds. The molecule has 0 atom stereocenters. The highest BCUT2D eigenvalue weighted by Gasteiger charge is 2.32. The van der Waals surface area contributed by atoms with Gasteiger partial charge in [-0.2, -0.15) is 0 Å². The third-order valence-corrected chi connectivity index (χ3v) is 3.06. The molecule has 3 rings (SSSR count). The number of carbonyl (C=O) groups is 1. The third-order valence-electron chi connectivity index (χ3n) is 3.06. The van der Waals surface area contributed by atoms with Gasteiger partial charge in [0.15, 0.2) is 12.0 Å². The lowest BCUT2D eigenvalue weighted by molar-refractivity contribution is 0.110. The maximum atomic E-state index is 11.0. The molecule has 1 heterocycles. The van der Waals surface area contributed by atoms with Crippen LogP contribution < -0.4 is 4.74 Å². The fourth-order valence-corrected chi connectivity index (χ4v) is 2.19. The molecule has 1 aliphatic rings. The smallest absolute Gasteiger partial charge is 0.185 e. The minimum absolute atomic E-state index is 0.460. The van der Waals surface area contributed by atoms with Crippen LogP contribution in [0.4, 0.5) is 0 Å². The number of rotatable bonds is 3. The zero-order valence-corrected chi connectivity index (χ0v) is 9.03. The number of hydrogen-bond acceptors (Lipinski definition) is 3. The molecular formula is C13H12O3. The number of carbonyl (C=O) groups excluding carboxylic acids is 1. The molecule has 0 aliphatic heterocycles. The van der Waals surface area contributed by atoms with Crippen LogP contribution in [-0.2, 0) is 0 Å². The Bertz CT molecular complexity index is 550. The maximum absolute atomic E-state index is 11.0. The summed E-state index contributed by atoms with van der Waals surface area (Å²) in [6.07, 6.45) is 3.06. The monoisotopic (exact) mass is 216 g/mol. The maximum Gasteiger partial charge on any atom is 0.185 e. The van der Waals surface area contributed by atoms with E-state index in [0.717, 1.165) is 41.4 Å². The molecule has 16 heavy (non-hydrogen) atoms. The predicted octanol–water partition coefficient (Wildman–Crippen LogP) is 3.13. The van der Waals surface area contributed by atoms with Crippen molar-refractivity contribution in [3.8, 4) is 5.75 Å². The molecule has 0 saturated heterocycles. The molecule has 0 radical (unpaired) electrons. The van der Waals surface area contributed by atoms with E-state index in [4.69, 9.17) is 9.15 Å². The van der Waals surface area contributed by atoms with Crippen molar-refractivity contribution in [1.82, 2.24) is 0 Å². The van der Waals surface area contributed by atoms with Crippen LogP contribution in [0, 0.1) is 0 Å². The second-order valence-corrected chi connectivity index (χ2v) is 4.11. The van der Waals surface area contributed by atoms with Crippen molar-refractivity contribution in [2.75, 3.05) is 7.11 Å². The quantitative estimate of drug-likeness (QED) is 0.740. The summed E-state index contributed by atoms with van der Waals surface area (Å²) in [5.74, 6) is 1.72. The average molecular weight is 216 g/mol. The molecule has 1 saturated carbocycles. The molecule has 2 aromatic rings. The largest absolute Gasteiger partial charge is 0.496 e. The van der Waals surface area contributed by atoms with Gasteiger partial charge in [0, 0.05) is 5.56 Å². The van der Waals surface area contributed by atoms with Gasteiger partial charge in [-0.25, -0.2) is 0 Å². The normalized spacial score (nSPS) is 15.3. The number of hydrogen-bond donors (Lipinski definition) is 0. The van der Waals surface area contributed by atoms with Gasteiger partial charge in [-0.1, -0.05) is 6.07 Å². The summed E-state index contributed by atoms with van der Waals surface area (Å²) in [4.78, 5) is 11.0. The second kappa shape index (κ2) is 3.37. The lowest BCUT2D eigenvalue weighted by atomic mass is 10.1. The number of ether oxygens (including phenoxy) is 1. The first kappa shape index (κ1) is 9.46. The standard InChI is InChI=1S/C13H12O3/c1-15-9-3-2-4-10-13(9)12(8-5-6-8)11(7-14)16-10/h2-4,7-8H,5-6H2,1H3. The van der Waals surface area contributed by atoms with Gasteiger partial charge >= 0.3 is 0 Å². The fourth-order valence-electron chi connectivity index (χ4n) is 2.19. The van der Waals surface area contributed by atoms with E-state index in [1.54, 1.807) is 7.11 Å². The van der Waals surface area contributed by atoms with Gasteiger partial charge in [0.05, 0.1) is 12.5 Å². The van der Waals surface area contributed by atoms with E-state index in [-0.39, 0.29) is 0 Å². The highest BCUT2D eigenvalue weighted by Crippen LogP contribution is 2.47. The van der Waals surface area contributed by atoms with Crippen molar-refractivity contribution < 1.29 is 13.9 Å². The van der Waals surface area contributed by atoms with E-state index < -0.39 is 0 Å². The molecule has 1 fully saturated rings. The SMILES string of the molecule is COc1cccc2oc(C=O)c(C3CC3)c12. The molecule has 0 spiro atoms. The minimum atomic E-state index is 0.460. The van der Waals surface area contributed by atoms with Crippen LogP contribution in [0.25, 0.3) is 11.0 Å². The summed E-state index contributed by atoms with van der Waals surface area (Å²) < 4.78 is 10.9. The minimum Gasteiger partial charge on any atom is -0.496 e. The average Bonchev–Trinajstić information content (AvgIpc) is 3.08. The zero-order chi connectivity index (χ0) is 11.1. The highest BCUT2D eigenvalue weighted by atomic mass is 16.5. The van der Waals surface area contributed by atoms with Crippen LogP contribution in [0.2, 0.25) is 0 Å². The first-order valence-corrected chi connectivity index (χ1v) is 5.39. The molecular weight excluding hydrogens is 204 g/mol. The Balaban J connectivity index is 2.36. The summed E-state index contributed by atoms with van der Waals surface area (Å²) in [6.45, 7) is 0. The van der Waals surface area contributed by atoms with E-state index in [9.17, 15) is 4.79 Å². The third kappa shape index (κ3) is 1.24. The molecule has 82 valence electrons. The van der Waals surface area contributed by atoms with Crippen LogP contribution in [0.15, 0.2) is 22.6 Å². The molecule has 3 nitrogen and oxygen atoms in total. The second-order valence-electron chi connectivity index (χ2n) is 4.11. The molecule has 1 aromatic heterocycles. The summed E-state index contributed by atoms with van der Waals surface area (Å²) in [5, 5.41) is 0.967. The number of methoxy groups -OCH3 is 1. The molecule has 1 aromatic carbocycles. The van der Waals surface area contributed by atoms with Gasteiger partial charge in [-0.3, -0.25) is 4.79 Å². The van der Waals surface area contributed by atoms with Gasteiger partial charge < -0.3 is 9.15 Å². The van der Waals surface area contributed by atoms with E-state index in [2.05, 4.69) is 0 Å². The Morgan fingerprint density at radius 1 is 1.44 bits per heavy atom. The van der Waals surface area contributed by atoms with E-state index in [1.165, 1.54) is 0 Å². The van der Waals surface area contributed by atoms with Crippen molar-refractivity contribution >= 4 is 17.3 Å². The van der Waals surface area contributed by atoms with Gasteiger partial charge in [0.1, 0.15) is 11.3 Å². The van der Waals surface area contributed by atoms with Gasteiger partial charge in [0.25, 0.3) is 0 Å². The summed E-state index contributed by atoms with van der Waals surface area (Å²) in [6, 6.07) is 5.64. The van der Waals surface area contributed by atoms with Crippen LogP contribution in [0.5, 0.6) is 5.75 Å². The Morgan fingerprint density at radius 2 is 2.25 bits per heavy atom. The zero-order valence-electron chi connectivity index (χ0n) is 9.03. The molecule has 1 aliphatic carbocycles. The van der Waals surface area contributed by atoms with Crippen molar-refractivity contribution in [2.24, 2.45) is 0 Å². The van der Waals surface area contributed by atoms with Crippen molar-refractivity contribution in [3.63, 3.8) is 0 Å². The Morgan fingerprint density at radius 3 is 2.88 bits per heavy atom. The van der Waals surface area contributed by atoms with E-state index in [1.807, 2.05) is 18.2 Å². The lowest BCUT2D eigenvalue weighted by Gasteiger charge is -2.02. The Hall–Kier alpha value is -1.77. The summed E-state index contributed by atoms with van der Waals surface area (Å²) >= 11 is 0. The van der Waals surface area contributed by atoms with Crippen molar-refractivity contribution in [3.05, 3.63) is 29.5 Å². The molecule has 0 unspecified atom stereocenters. The topological polar surface area (TPSA) is 39.4 Å². The number of furan rings is 1. The van der Waals surface area contributed by atoms with Crippen LogP contribution in [-0.4, -0.2) is 13.4 Å². The van der Waals surface area contributed by atoms with Gasteiger partial charge in [-0.05, 0) is 30.9 Å². The molecule has 3 heteroatoms. The van der Waals surface area contributed by atoms with E-state index >= 15 is 0 Å². The summed E-state index contributed by atoms with van der Waals surface area (Å²) in [7, 11) is 1.64.